The summed E-state index contributed by atoms with van der Waals surface area (Å²) >= 11 is 0. The zero-order chi connectivity index (χ0) is 15.1. The molecule has 6 nitrogen and oxygen atoms in total. The predicted molar refractivity (Wildman–Crippen MR) is 81.0 cm³/mol. The van der Waals surface area contributed by atoms with Gasteiger partial charge in [0, 0.05) is 44.6 Å². The molecule has 2 aliphatic heterocycles. The third kappa shape index (κ3) is 2.65. The topological polar surface area (TPSA) is 59.4 Å². The van der Waals surface area contributed by atoms with Gasteiger partial charge in [-0.3, -0.25) is 9.69 Å². The van der Waals surface area contributed by atoms with Crippen LogP contribution in [0.15, 0.2) is 12.4 Å². The number of fused-ring (bicyclic) bond motifs is 1. The van der Waals surface area contributed by atoms with Gasteiger partial charge in [0.05, 0.1) is 18.7 Å². The molecular formula is C16H24N4O2. The quantitative estimate of drug-likeness (QED) is 0.888. The minimum absolute atomic E-state index is 0.124. The molecule has 0 spiro atoms. The molecule has 3 atom stereocenters. The van der Waals surface area contributed by atoms with Gasteiger partial charge in [-0.25, -0.2) is 4.98 Å². The summed E-state index contributed by atoms with van der Waals surface area (Å²) in [5, 5.41) is 3.23. The summed E-state index contributed by atoms with van der Waals surface area (Å²) in [5.41, 5.74) is 0. The van der Waals surface area contributed by atoms with Crippen molar-refractivity contribution in [1.29, 1.82) is 0 Å². The number of nitrogens with zero attached hydrogens (tertiary/aromatic N) is 3. The van der Waals surface area contributed by atoms with Gasteiger partial charge in [0.15, 0.2) is 0 Å². The first-order valence-corrected chi connectivity index (χ1v) is 8.34. The Morgan fingerprint density at radius 2 is 2.32 bits per heavy atom. The molecule has 22 heavy (non-hydrogen) atoms. The first-order valence-electron chi connectivity index (χ1n) is 8.34. The number of carbonyl (C=O) groups excluding carboxylic acids is 1. The fourth-order valence-electron chi connectivity index (χ4n) is 3.74. The molecule has 1 N–H and O–H groups in total. The zero-order valence-corrected chi connectivity index (χ0v) is 13.1. The van der Waals surface area contributed by atoms with Crippen LogP contribution in [0.3, 0.4) is 0 Å². The average Bonchev–Trinajstić information content (AvgIpc) is 3.23. The fraction of sp³-hybridized carbons (Fsp3) is 0.750. The molecule has 0 unspecified atom stereocenters. The number of likely N-dealkylation sites (tertiary alicyclic amines) is 1. The van der Waals surface area contributed by atoms with Gasteiger partial charge in [-0.15, -0.1) is 0 Å². The van der Waals surface area contributed by atoms with E-state index in [1.165, 1.54) is 0 Å². The van der Waals surface area contributed by atoms with Gasteiger partial charge in [-0.1, -0.05) is 0 Å². The van der Waals surface area contributed by atoms with Crippen LogP contribution >= 0.6 is 0 Å². The lowest BCUT2D eigenvalue weighted by Gasteiger charge is -2.32. The molecule has 6 heteroatoms. The third-order valence-corrected chi connectivity index (χ3v) is 5.17. The van der Waals surface area contributed by atoms with Crippen LogP contribution in [-0.2, 0) is 23.1 Å². The molecule has 1 saturated carbocycles. The zero-order valence-electron chi connectivity index (χ0n) is 13.1. The second kappa shape index (κ2) is 5.66. The first-order chi connectivity index (χ1) is 10.7. The normalized spacial score (nSPS) is 32.0. The van der Waals surface area contributed by atoms with Gasteiger partial charge in [0.1, 0.15) is 5.82 Å². The van der Waals surface area contributed by atoms with E-state index in [1.807, 2.05) is 19.4 Å². The number of rotatable bonds is 4. The van der Waals surface area contributed by atoms with Crippen LogP contribution in [0.25, 0.3) is 0 Å². The second-order valence-electron chi connectivity index (χ2n) is 6.82. The predicted octanol–water partition coefficient (Wildman–Crippen LogP) is 0.678. The van der Waals surface area contributed by atoms with E-state index in [-0.39, 0.29) is 24.0 Å². The number of hydrogen-bond donors (Lipinski definition) is 1. The van der Waals surface area contributed by atoms with Crippen molar-refractivity contribution in [2.75, 3.05) is 13.2 Å². The maximum Gasteiger partial charge on any atom is 0.223 e. The Kier molecular flexibility index (Phi) is 3.66. The van der Waals surface area contributed by atoms with Crippen LogP contribution in [0.4, 0.5) is 0 Å². The highest BCUT2D eigenvalue weighted by molar-refractivity contribution is 5.81. The maximum absolute atomic E-state index is 12.1. The van der Waals surface area contributed by atoms with Crippen LogP contribution in [0.1, 0.15) is 31.5 Å². The molecule has 0 radical (unpaired) electrons. The van der Waals surface area contributed by atoms with Crippen molar-refractivity contribution in [3.63, 3.8) is 0 Å². The highest BCUT2D eigenvalue weighted by atomic mass is 16.5. The van der Waals surface area contributed by atoms with Crippen LogP contribution in [0, 0.1) is 5.92 Å². The van der Waals surface area contributed by atoms with Crippen molar-refractivity contribution in [2.45, 2.75) is 50.4 Å². The molecular weight excluding hydrogens is 280 g/mol. The van der Waals surface area contributed by atoms with E-state index in [2.05, 4.69) is 19.8 Å². The number of hydrogen-bond acceptors (Lipinski definition) is 4. The standard InChI is InChI=1S/C16H24N4O2/c1-19-7-6-17-14(19)10-20-9-12(18-16(21)11-4-5-11)15-13(20)3-2-8-22-15/h6-7,11-13,15H,2-5,8-10H2,1H3,(H,18,21)/t12-,13-,15-/m1/s1. The summed E-state index contributed by atoms with van der Waals surface area (Å²) in [6, 6.07) is 0.522. The smallest absolute Gasteiger partial charge is 0.223 e. The van der Waals surface area contributed by atoms with E-state index in [0.717, 1.165) is 51.2 Å². The third-order valence-electron chi connectivity index (χ3n) is 5.17. The van der Waals surface area contributed by atoms with Crippen molar-refractivity contribution >= 4 is 5.91 Å². The van der Waals surface area contributed by atoms with Gasteiger partial charge in [-0.05, 0) is 25.7 Å². The molecule has 0 aromatic carbocycles. The number of carbonyl (C=O) groups is 1. The number of nitrogens with one attached hydrogen (secondary N) is 1. The van der Waals surface area contributed by atoms with E-state index in [1.54, 1.807) is 0 Å². The lowest BCUT2D eigenvalue weighted by Crippen LogP contribution is -2.48. The Hall–Kier alpha value is -1.40. The highest BCUT2D eigenvalue weighted by Crippen LogP contribution is 2.32. The lowest BCUT2D eigenvalue weighted by atomic mass is 10.0. The first kappa shape index (κ1) is 14.2. The highest BCUT2D eigenvalue weighted by Gasteiger charge is 2.45. The number of aryl methyl sites for hydroxylation is 1. The molecule has 3 fully saturated rings. The number of amides is 1. The summed E-state index contributed by atoms with van der Waals surface area (Å²) in [6.45, 7) is 2.50. The van der Waals surface area contributed by atoms with Crippen LogP contribution in [-0.4, -0.2) is 51.7 Å². The molecule has 2 saturated heterocycles. The Morgan fingerprint density at radius 1 is 1.45 bits per heavy atom. The van der Waals surface area contributed by atoms with Crippen molar-refractivity contribution in [1.82, 2.24) is 19.8 Å². The summed E-state index contributed by atoms with van der Waals surface area (Å²) in [5.74, 6) is 1.54. The number of ether oxygens (including phenoxy) is 1. The van der Waals surface area contributed by atoms with Gasteiger partial charge >= 0.3 is 0 Å². The van der Waals surface area contributed by atoms with Crippen LogP contribution in [0.2, 0.25) is 0 Å². The molecule has 0 bridgehead atoms. The monoisotopic (exact) mass is 304 g/mol. The van der Waals surface area contributed by atoms with Crippen LogP contribution < -0.4 is 5.32 Å². The number of imidazole rings is 1. The largest absolute Gasteiger partial charge is 0.374 e. The minimum atomic E-state index is 0.124. The van der Waals surface area contributed by atoms with Crippen molar-refractivity contribution in [3.05, 3.63) is 18.2 Å². The Morgan fingerprint density at radius 3 is 3.05 bits per heavy atom. The molecule has 1 aromatic rings. The van der Waals surface area contributed by atoms with Crippen molar-refractivity contribution in [3.8, 4) is 0 Å². The molecule has 1 aliphatic carbocycles. The Labute approximate surface area is 130 Å². The van der Waals surface area contributed by atoms with E-state index >= 15 is 0 Å². The summed E-state index contributed by atoms with van der Waals surface area (Å²) < 4.78 is 8.08. The van der Waals surface area contributed by atoms with Crippen LogP contribution in [0.5, 0.6) is 0 Å². The van der Waals surface area contributed by atoms with Gasteiger partial charge in [0.25, 0.3) is 0 Å². The van der Waals surface area contributed by atoms with E-state index in [4.69, 9.17) is 4.74 Å². The van der Waals surface area contributed by atoms with Gasteiger partial charge < -0.3 is 14.6 Å². The molecule has 3 heterocycles. The second-order valence-corrected chi connectivity index (χ2v) is 6.82. The fourth-order valence-corrected chi connectivity index (χ4v) is 3.74. The minimum Gasteiger partial charge on any atom is -0.374 e. The summed E-state index contributed by atoms with van der Waals surface area (Å²) in [4.78, 5) is 19.0. The lowest BCUT2D eigenvalue weighted by molar-refractivity contribution is -0.124. The maximum atomic E-state index is 12.1. The SMILES string of the molecule is Cn1ccnc1CN1C[C@@H](NC(=O)C2CC2)[C@H]2OCCC[C@H]21. The number of aromatic nitrogens is 2. The molecule has 3 aliphatic rings. The van der Waals surface area contributed by atoms with Crippen molar-refractivity contribution in [2.24, 2.45) is 13.0 Å². The van der Waals surface area contributed by atoms with Gasteiger partial charge in [-0.2, -0.15) is 0 Å². The van der Waals surface area contributed by atoms with Crippen molar-refractivity contribution < 1.29 is 9.53 Å². The average molecular weight is 304 g/mol. The van der Waals surface area contributed by atoms with E-state index in [9.17, 15) is 4.79 Å². The summed E-state index contributed by atoms with van der Waals surface area (Å²) in [6.07, 6.45) is 8.29. The Balaban J connectivity index is 1.47. The van der Waals surface area contributed by atoms with Gasteiger partial charge in [0.2, 0.25) is 5.91 Å². The molecule has 120 valence electrons. The molecule has 1 aromatic heterocycles. The Bertz CT molecular complexity index is 554. The summed E-state index contributed by atoms with van der Waals surface area (Å²) in [7, 11) is 2.03. The molecule has 1 amide bonds. The van der Waals surface area contributed by atoms with E-state index < -0.39 is 0 Å². The van der Waals surface area contributed by atoms with E-state index in [0.29, 0.717) is 6.04 Å². The molecule has 4 rings (SSSR count).